The van der Waals surface area contributed by atoms with Gasteiger partial charge in [0, 0.05) is 11.3 Å². The minimum absolute atomic E-state index is 0.118. The van der Waals surface area contributed by atoms with Crippen LogP contribution in [0.1, 0.15) is 0 Å². The van der Waals surface area contributed by atoms with Gasteiger partial charge in [0.25, 0.3) is 5.91 Å². The highest BCUT2D eigenvalue weighted by Gasteiger charge is 2.10. The third-order valence-corrected chi connectivity index (χ3v) is 4.14. The van der Waals surface area contributed by atoms with E-state index in [2.05, 4.69) is 10.3 Å². The van der Waals surface area contributed by atoms with Crippen LogP contribution in [0.25, 0.3) is 22.6 Å². The van der Waals surface area contributed by atoms with Crippen molar-refractivity contribution in [2.75, 3.05) is 19.0 Å². The number of para-hydroxylation sites is 4. The molecule has 0 saturated carbocycles. The molecule has 6 heteroatoms. The molecule has 0 spiro atoms. The van der Waals surface area contributed by atoms with Crippen LogP contribution in [0.3, 0.4) is 0 Å². The van der Waals surface area contributed by atoms with Gasteiger partial charge >= 0.3 is 0 Å². The Morgan fingerprint density at radius 1 is 0.964 bits per heavy atom. The van der Waals surface area contributed by atoms with Crippen molar-refractivity contribution in [3.8, 4) is 23.0 Å². The molecule has 6 nitrogen and oxygen atoms in total. The zero-order valence-electron chi connectivity index (χ0n) is 15.2. The molecule has 0 saturated heterocycles. The maximum Gasteiger partial charge on any atom is 0.262 e. The highest BCUT2D eigenvalue weighted by Crippen LogP contribution is 2.26. The van der Waals surface area contributed by atoms with Crippen molar-refractivity contribution < 1.29 is 18.7 Å². The Morgan fingerprint density at radius 2 is 1.68 bits per heavy atom. The van der Waals surface area contributed by atoms with E-state index >= 15 is 0 Å². The van der Waals surface area contributed by atoms with Crippen LogP contribution in [-0.4, -0.2) is 24.6 Å². The summed E-state index contributed by atoms with van der Waals surface area (Å²) in [6, 6.07) is 22.1. The molecule has 1 heterocycles. The van der Waals surface area contributed by atoms with Gasteiger partial charge < -0.3 is 19.2 Å². The summed E-state index contributed by atoms with van der Waals surface area (Å²) < 4.78 is 16.5. The largest absolute Gasteiger partial charge is 0.493 e. The number of rotatable bonds is 6. The zero-order chi connectivity index (χ0) is 19.3. The molecular formula is C22H18N2O4. The van der Waals surface area contributed by atoms with Gasteiger partial charge in [-0.05, 0) is 48.5 Å². The second kappa shape index (κ2) is 7.84. The van der Waals surface area contributed by atoms with E-state index in [9.17, 15) is 4.79 Å². The number of nitrogens with zero attached hydrogens (tertiary/aromatic N) is 1. The normalized spacial score (nSPS) is 10.6. The lowest BCUT2D eigenvalue weighted by atomic mass is 10.2. The van der Waals surface area contributed by atoms with Crippen molar-refractivity contribution in [2.45, 2.75) is 0 Å². The molecule has 3 aromatic carbocycles. The summed E-state index contributed by atoms with van der Waals surface area (Å²) in [5.74, 6) is 1.38. The van der Waals surface area contributed by atoms with Gasteiger partial charge in [0.1, 0.15) is 5.52 Å². The minimum Gasteiger partial charge on any atom is -0.493 e. The molecule has 0 radical (unpaired) electrons. The molecule has 28 heavy (non-hydrogen) atoms. The molecule has 1 amide bonds. The van der Waals surface area contributed by atoms with Crippen LogP contribution >= 0.6 is 0 Å². The van der Waals surface area contributed by atoms with Gasteiger partial charge in [-0.3, -0.25) is 4.79 Å². The number of benzene rings is 3. The monoisotopic (exact) mass is 374 g/mol. The number of hydrogen-bond donors (Lipinski definition) is 1. The van der Waals surface area contributed by atoms with Crippen LogP contribution in [0.2, 0.25) is 0 Å². The molecule has 0 bridgehead atoms. The molecule has 0 fully saturated rings. The number of oxazole rings is 1. The van der Waals surface area contributed by atoms with Crippen LogP contribution in [0, 0.1) is 0 Å². The molecule has 0 unspecified atom stereocenters. The van der Waals surface area contributed by atoms with E-state index in [0.29, 0.717) is 23.1 Å². The molecule has 140 valence electrons. The van der Waals surface area contributed by atoms with E-state index in [1.165, 1.54) is 0 Å². The quantitative estimate of drug-likeness (QED) is 0.537. The molecule has 0 aliphatic carbocycles. The van der Waals surface area contributed by atoms with Crippen molar-refractivity contribution in [1.29, 1.82) is 0 Å². The molecule has 0 atom stereocenters. The number of anilines is 1. The standard InChI is InChI=1S/C22H18N2O4/c1-26-19-8-4-5-9-20(19)27-14-21(25)23-16-12-10-15(11-13-16)22-24-17-6-2-3-7-18(17)28-22/h2-13H,14H2,1H3,(H,23,25). The van der Waals surface area contributed by atoms with E-state index < -0.39 is 0 Å². The van der Waals surface area contributed by atoms with Crippen LogP contribution in [0.4, 0.5) is 5.69 Å². The molecule has 0 aliphatic heterocycles. The number of nitrogens with one attached hydrogen (secondary N) is 1. The molecule has 1 aromatic heterocycles. The first-order valence-electron chi connectivity index (χ1n) is 8.74. The highest BCUT2D eigenvalue weighted by atomic mass is 16.5. The average molecular weight is 374 g/mol. The van der Waals surface area contributed by atoms with E-state index in [4.69, 9.17) is 13.9 Å². The summed E-state index contributed by atoms with van der Waals surface area (Å²) in [7, 11) is 1.56. The van der Waals surface area contributed by atoms with Gasteiger partial charge in [0.05, 0.1) is 7.11 Å². The lowest BCUT2D eigenvalue weighted by molar-refractivity contribution is -0.118. The lowest BCUT2D eigenvalue weighted by Crippen LogP contribution is -2.20. The van der Waals surface area contributed by atoms with Crippen LogP contribution in [0.15, 0.2) is 77.2 Å². The van der Waals surface area contributed by atoms with Gasteiger partial charge in [-0.25, -0.2) is 4.98 Å². The Bertz CT molecular complexity index is 1070. The van der Waals surface area contributed by atoms with Crippen LogP contribution in [0.5, 0.6) is 11.5 Å². The van der Waals surface area contributed by atoms with Crippen molar-refractivity contribution in [3.05, 3.63) is 72.8 Å². The number of aromatic nitrogens is 1. The van der Waals surface area contributed by atoms with Gasteiger partial charge in [-0.2, -0.15) is 0 Å². The maximum absolute atomic E-state index is 12.1. The third kappa shape index (κ3) is 3.81. The first-order chi connectivity index (χ1) is 13.7. The summed E-state index contributed by atoms with van der Waals surface area (Å²) in [6.45, 7) is -0.118. The van der Waals surface area contributed by atoms with Crippen LogP contribution < -0.4 is 14.8 Å². The topological polar surface area (TPSA) is 73.6 Å². The number of carbonyl (C=O) groups excluding carboxylic acids is 1. The SMILES string of the molecule is COc1ccccc1OCC(=O)Nc1ccc(-c2nc3ccccc3o2)cc1. The highest BCUT2D eigenvalue weighted by molar-refractivity contribution is 5.92. The third-order valence-electron chi connectivity index (χ3n) is 4.14. The van der Waals surface area contributed by atoms with Gasteiger partial charge in [-0.1, -0.05) is 24.3 Å². The number of fused-ring (bicyclic) bond motifs is 1. The zero-order valence-corrected chi connectivity index (χ0v) is 15.2. The van der Waals surface area contributed by atoms with E-state index in [-0.39, 0.29) is 12.5 Å². The van der Waals surface area contributed by atoms with Crippen LogP contribution in [-0.2, 0) is 4.79 Å². The fraction of sp³-hybridized carbons (Fsp3) is 0.0909. The second-order valence-electron chi connectivity index (χ2n) is 6.05. The van der Waals surface area contributed by atoms with Crippen molar-refractivity contribution in [1.82, 2.24) is 4.98 Å². The number of carbonyl (C=O) groups is 1. The molecule has 0 aliphatic rings. The summed E-state index contributed by atoms with van der Waals surface area (Å²) in [5.41, 5.74) is 3.04. The Morgan fingerprint density at radius 3 is 2.43 bits per heavy atom. The van der Waals surface area contributed by atoms with E-state index in [1.807, 2.05) is 48.5 Å². The Labute approximate surface area is 161 Å². The van der Waals surface area contributed by atoms with Crippen molar-refractivity contribution in [2.24, 2.45) is 0 Å². The summed E-state index contributed by atoms with van der Waals surface area (Å²) in [4.78, 5) is 16.6. The smallest absolute Gasteiger partial charge is 0.262 e. The predicted molar refractivity (Wildman–Crippen MR) is 107 cm³/mol. The minimum atomic E-state index is -0.263. The van der Waals surface area contributed by atoms with E-state index in [1.54, 1.807) is 31.4 Å². The Kier molecular flexibility index (Phi) is 4.93. The fourth-order valence-electron chi connectivity index (χ4n) is 2.77. The Hall–Kier alpha value is -3.80. The van der Waals surface area contributed by atoms with Crippen molar-refractivity contribution in [3.63, 3.8) is 0 Å². The molecule has 4 aromatic rings. The molecular weight excluding hydrogens is 356 g/mol. The first-order valence-corrected chi connectivity index (χ1v) is 8.74. The van der Waals surface area contributed by atoms with E-state index in [0.717, 1.165) is 16.7 Å². The Balaban J connectivity index is 1.39. The predicted octanol–water partition coefficient (Wildman–Crippen LogP) is 4.52. The van der Waals surface area contributed by atoms with Gasteiger partial charge in [0.2, 0.25) is 5.89 Å². The number of amides is 1. The summed E-state index contributed by atoms with van der Waals surface area (Å²) in [5, 5.41) is 2.80. The fourth-order valence-corrected chi connectivity index (χ4v) is 2.77. The second-order valence-corrected chi connectivity index (χ2v) is 6.05. The van der Waals surface area contributed by atoms with Crippen molar-refractivity contribution >= 4 is 22.7 Å². The number of ether oxygens (including phenoxy) is 2. The van der Waals surface area contributed by atoms with Gasteiger partial charge in [-0.15, -0.1) is 0 Å². The molecule has 4 rings (SSSR count). The maximum atomic E-state index is 12.1. The number of methoxy groups -OCH3 is 1. The molecule has 1 N–H and O–H groups in total. The summed E-state index contributed by atoms with van der Waals surface area (Å²) >= 11 is 0. The number of hydrogen-bond acceptors (Lipinski definition) is 5. The first kappa shape index (κ1) is 17.6. The summed E-state index contributed by atoms with van der Waals surface area (Å²) in [6.07, 6.45) is 0. The average Bonchev–Trinajstić information content (AvgIpc) is 3.17. The van der Waals surface area contributed by atoms with Gasteiger partial charge in [0.15, 0.2) is 23.7 Å². The lowest BCUT2D eigenvalue weighted by Gasteiger charge is -2.10.